The van der Waals surface area contributed by atoms with Gasteiger partial charge in [0.25, 0.3) is 0 Å². The molecule has 2 aromatic carbocycles. The highest BCUT2D eigenvalue weighted by molar-refractivity contribution is 5.91. The average Bonchev–Trinajstić information content (AvgIpc) is 2.56. The lowest BCUT2D eigenvalue weighted by molar-refractivity contribution is -0.134. The van der Waals surface area contributed by atoms with Crippen molar-refractivity contribution in [1.29, 1.82) is 0 Å². The topological polar surface area (TPSA) is 61.8 Å². The van der Waals surface area contributed by atoms with Crippen molar-refractivity contribution in [2.45, 2.75) is 19.8 Å². The van der Waals surface area contributed by atoms with Crippen molar-refractivity contribution >= 4 is 11.9 Å². The Bertz CT molecular complexity index is 659. The Kier molecular flexibility index (Phi) is 5.74. The van der Waals surface area contributed by atoms with E-state index in [1.165, 1.54) is 0 Å². The number of carbonyl (C=O) groups excluding carboxylic acids is 2. The van der Waals surface area contributed by atoms with Crippen molar-refractivity contribution in [1.82, 2.24) is 0 Å². The first kappa shape index (κ1) is 16.5. The Balaban J connectivity index is 1.97. The van der Waals surface area contributed by atoms with Gasteiger partial charge in [-0.1, -0.05) is 6.92 Å². The zero-order valence-corrected chi connectivity index (χ0v) is 13.1. The molecule has 120 valence electrons. The molecule has 23 heavy (non-hydrogen) atoms. The molecule has 0 saturated carbocycles. The summed E-state index contributed by atoms with van der Waals surface area (Å²) in [6.45, 7) is 1.90. The molecular weight excluding hydrogens is 296 g/mol. The van der Waals surface area contributed by atoms with E-state index in [1.54, 1.807) is 55.6 Å². The van der Waals surface area contributed by atoms with Gasteiger partial charge >= 0.3 is 11.9 Å². The summed E-state index contributed by atoms with van der Waals surface area (Å²) >= 11 is 0. The first-order chi connectivity index (χ1) is 11.1. The monoisotopic (exact) mass is 314 g/mol. The van der Waals surface area contributed by atoms with Crippen LogP contribution >= 0.6 is 0 Å². The standard InChI is InChI=1S/C18H18O5/c1-3-4-17(19)22-15-7-5-13(6-8-15)18(20)23-16-11-9-14(21-2)10-12-16/h5-12H,3-4H2,1-2H3. The summed E-state index contributed by atoms with van der Waals surface area (Å²) in [5.74, 6) is 0.740. The summed E-state index contributed by atoms with van der Waals surface area (Å²) in [5, 5.41) is 0. The zero-order chi connectivity index (χ0) is 16.7. The van der Waals surface area contributed by atoms with Crippen LogP contribution in [0.25, 0.3) is 0 Å². The number of hydrogen-bond donors (Lipinski definition) is 0. The van der Waals surface area contributed by atoms with Gasteiger partial charge < -0.3 is 14.2 Å². The maximum absolute atomic E-state index is 12.0. The van der Waals surface area contributed by atoms with Gasteiger partial charge in [-0.2, -0.15) is 0 Å². The molecular formula is C18H18O5. The van der Waals surface area contributed by atoms with E-state index in [1.807, 2.05) is 6.92 Å². The molecule has 0 aliphatic rings. The molecule has 5 heteroatoms. The highest BCUT2D eigenvalue weighted by atomic mass is 16.5. The summed E-state index contributed by atoms with van der Waals surface area (Å²) < 4.78 is 15.4. The molecule has 0 N–H and O–H groups in total. The van der Waals surface area contributed by atoms with Gasteiger partial charge in [0.1, 0.15) is 17.2 Å². The largest absolute Gasteiger partial charge is 0.497 e. The third-order valence-corrected chi connectivity index (χ3v) is 3.05. The van der Waals surface area contributed by atoms with Crippen molar-refractivity contribution in [2.75, 3.05) is 7.11 Å². The van der Waals surface area contributed by atoms with Gasteiger partial charge in [-0.15, -0.1) is 0 Å². The molecule has 0 amide bonds. The van der Waals surface area contributed by atoms with Crippen LogP contribution in [0.3, 0.4) is 0 Å². The van der Waals surface area contributed by atoms with Crippen molar-refractivity contribution in [3.63, 3.8) is 0 Å². The van der Waals surface area contributed by atoms with E-state index in [-0.39, 0.29) is 5.97 Å². The maximum Gasteiger partial charge on any atom is 0.343 e. The van der Waals surface area contributed by atoms with Gasteiger partial charge in [0.15, 0.2) is 0 Å². The second-order valence-corrected chi connectivity index (χ2v) is 4.81. The molecule has 0 aliphatic heterocycles. The average molecular weight is 314 g/mol. The van der Waals surface area contributed by atoms with E-state index in [2.05, 4.69) is 0 Å². The minimum Gasteiger partial charge on any atom is -0.497 e. The maximum atomic E-state index is 12.0. The Morgan fingerprint density at radius 1 is 0.826 bits per heavy atom. The van der Waals surface area contributed by atoms with Crippen molar-refractivity contribution in [3.05, 3.63) is 54.1 Å². The summed E-state index contributed by atoms with van der Waals surface area (Å²) in [7, 11) is 1.57. The van der Waals surface area contributed by atoms with Crippen molar-refractivity contribution in [3.8, 4) is 17.2 Å². The number of ether oxygens (including phenoxy) is 3. The van der Waals surface area contributed by atoms with Gasteiger partial charge in [0, 0.05) is 6.42 Å². The van der Waals surface area contributed by atoms with Crippen LogP contribution in [0.5, 0.6) is 17.2 Å². The molecule has 0 saturated heterocycles. The molecule has 2 rings (SSSR count). The molecule has 5 nitrogen and oxygen atoms in total. The third-order valence-electron chi connectivity index (χ3n) is 3.05. The molecule has 2 aromatic rings. The van der Waals surface area contributed by atoms with E-state index in [0.717, 1.165) is 6.42 Å². The highest BCUT2D eigenvalue weighted by Crippen LogP contribution is 2.19. The molecule has 0 fully saturated rings. The van der Waals surface area contributed by atoms with Crippen LogP contribution in [0.4, 0.5) is 0 Å². The minimum absolute atomic E-state index is 0.291. The van der Waals surface area contributed by atoms with Gasteiger partial charge in [-0.05, 0) is 55.0 Å². The fourth-order valence-corrected chi connectivity index (χ4v) is 1.86. The lowest BCUT2D eigenvalue weighted by Gasteiger charge is -2.07. The van der Waals surface area contributed by atoms with Crippen LogP contribution in [0, 0.1) is 0 Å². The molecule has 0 bridgehead atoms. The van der Waals surface area contributed by atoms with Gasteiger partial charge in [0.05, 0.1) is 12.7 Å². The molecule has 0 atom stereocenters. The number of carbonyl (C=O) groups is 2. The second-order valence-electron chi connectivity index (χ2n) is 4.81. The predicted molar refractivity (Wildman–Crippen MR) is 84.9 cm³/mol. The van der Waals surface area contributed by atoms with Crippen LogP contribution in [-0.4, -0.2) is 19.0 Å². The van der Waals surface area contributed by atoms with Gasteiger partial charge in [-0.25, -0.2) is 4.79 Å². The fraction of sp³-hybridized carbons (Fsp3) is 0.222. The Morgan fingerprint density at radius 3 is 1.91 bits per heavy atom. The molecule has 0 aromatic heterocycles. The van der Waals surface area contributed by atoms with Crippen molar-refractivity contribution < 1.29 is 23.8 Å². The third kappa shape index (κ3) is 4.85. The predicted octanol–water partition coefficient (Wildman–Crippen LogP) is 3.62. The van der Waals surface area contributed by atoms with Crippen LogP contribution in [0.15, 0.2) is 48.5 Å². The summed E-state index contributed by atoms with van der Waals surface area (Å²) in [5.41, 5.74) is 0.371. The highest BCUT2D eigenvalue weighted by Gasteiger charge is 2.10. The molecule has 0 radical (unpaired) electrons. The van der Waals surface area contributed by atoms with E-state index in [0.29, 0.717) is 29.2 Å². The molecule has 0 heterocycles. The first-order valence-corrected chi connectivity index (χ1v) is 7.29. The van der Waals surface area contributed by atoms with Crippen LogP contribution in [0.1, 0.15) is 30.1 Å². The van der Waals surface area contributed by atoms with Crippen LogP contribution in [0.2, 0.25) is 0 Å². The van der Waals surface area contributed by atoms with E-state index >= 15 is 0 Å². The summed E-state index contributed by atoms with van der Waals surface area (Å²) in [6.07, 6.45) is 1.09. The summed E-state index contributed by atoms with van der Waals surface area (Å²) in [6, 6.07) is 13.0. The van der Waals surface area contributed by atoms with E-state index in [9.17, 15) is 9.59 Å². The fourth-order valence-electron chi connectivity index (χ4n) is 1.86. The normalized spacial score (nSPS) is 10.0. The van der Waals surface area contributed by atoms with E-state index in [4.69, 9.17) is 14.2 Å². The minimum atomic E-state index is -0.485. The molecule has 0 unspecified atom stereocenters. The van der Waals surface area contributed by atoms with Gasteiger partial charge in [0.2, 0.25) is 0 Å². The quantitative estimate of drug-likeness (QED) is 0.602. The Morgan fingerprint density at radius 2 is 1.35 bits per heavy atom. The lowest BCUT2D eigenvalue weighted by atomic mass is 10.2. The van der Waals surface area contributed by atoms with E-state index < -0.39 is 5.97 Å². The van der Waals surface area contributed by atoms with Gasteiger partial charge in [-0.3, -0.25) is 4.79 Å². The Hall–Kier alpha value is -2.82. The Labute approximate surface area is 134 Å². The first-order valence-electron chi connectivity index (χ1n) is 7.29. The van der Waals surface area contributed by atoms with Crippen LogP contribution < -0.4 is 14.2 Å². The van der Waals surface area contributed by atoms with Crippen molar-refractivity contribution in [2.24, 2.45) is 0 Å². The lowest BCUT2D eigenvalue weighted by Crippen LogP contribution is -2.09. The summed E-state index contributed by atoms with van der Waals surface area (Å²) in [4.78, 5) is 23.4. The van der Waals surface area contributed by atoms with Crippen LogP contribution in [-0.2, 0) is 4.79 Å². The smallest absolute Gasteiger partial charge is 0.343 e. The molecule has 0 spiro atoms. The SMILES string of the molecule is CCCC(=O)Oc1ccc(C(=O)Oc2ccc(OC)cc2)cc1. The molecule has 0 aliphatic carbocycles. The zero-order valence-electron chi connectivity index (χ0n) is 13.1. The number of hydrogen-bond acceptors (Lipinski definition) is 5. The number of rotatable bonds is 6. The number of benzene rings is 2. The number of esters is 2. The second kappa shape index (κ2) is 7.98. The number of methoxy groups -OCH3 is 1.